The molecule has 0 aromatic rings. The van der Waals surface area contributed by atoms with Gasteiger partial charge in [-0.2, -0.15) is 0 Å². The maximum Gasteiger partial charge on any atom is 0.187 e. The first kappa shape index (κ1) is 70.9. The Morgan fingerprint density at radius 3 is 1.44 bits per heavy atom. The molecule has 5 aliphatic heterocycles. The molecule has 0 aromatic carbocycles. The van der Waals surface area contributed by atoms with E-state index in [9.17, 15) is 91.9 Å². The minimum atomic E-state index is -1.93. The number of hydrogen-bond acceptors (Lipinski definition) is 28. The monoisotopic (exact) mass is 1270 g/mol. The van der Waals surface area contributed by atoms with E-state index in [1.54, 1.807) is 13.8 Å². The maximum atomic E-state index is 11.8. The maximum absolute atomic E-state index is 11.8. The second-order valence-corrected chi connectivity index (χ2v) is 28.6. The normalized spacial score (nSPS) is 51.4. The molecule has 0 radical (unpaired) electrons. The highest BCUT2D eigenvalue weighted by atomic mass is 16.8. The van der Waals surface area contributed by atoms with E-state index >= 15 is 0 Å². The van der Waals surface area contributed by atoms with Gasteiger partial charge in [-0.3, -0.25) is 0 Å². The third-order valence-electron chi connectivity index (χ3n) is 22.8. The molecular formula is C60H102O28. The fourth-order valence-corrected chi connectivity index (χ4v) is 17.0. The summed E-state index contributed by atoms with van der Waals surface area (Å²) >= 11 is 0. The van der Waals surface area contributed by atoms with Crippen LogP contribution in [0, 0.1) is 45.3 Å². The van der Waals surface area contributed by atoms with Crippen LogP contribution in [-0.2, 0) is 47.4 Å². The predicted octanol–water partition coefficient (Wildman–Crippen LogP) is -4.38. The summed E-state index contributed by atoms with van der Waals surface area (Å²) in [7, 11) is 0. The third-order valence-corrected chi connectivity index (χ3v) is 22.8. The van der Waals surface area contributed by atoms with E-state index in [1.165, 1.54) is 5.57 Å². The molecule has 0 aromatic heterocycles. The SMILES string of the molecule is C[C@@H](CC[C@H](O[C@@H]1O[C@H](CO[C@@H]2O[C@H](CO)[C@@H](O)[C@H](O)[C@H]2O)[C@@H](O)[C@H](O)[C@H]1O[C@H]1O[C@@H](CO)[C@H](O)[C@@H](O)[C@@H]1O)C(C)(C)O)C1CC[C@]2(C)C3CC=C4C(CC[C@@H](O[C@H]5O[C@@H](CO[C@@H]6O[C@H](CO)[C@@H](O)[C@H](O)[C@H]6O)[C@H](O)[C@@H](O)[C@@H]5O)C4(C)C)[C@@]3(C)CC[C@@]12C. The van der Waals surface area contributed by atoms with Gasteiger partial charge in [0.05, 0.1) is 50.8 Å². The van der Waals surface area contributed by atoms with Crippen molar-refractivity contribution in [3.63, 3.8) is 0 Å². The average molecular weight is 1270 g/mol. The highest BCUT2D eigenvalue weighted by Gasteiger charge is 2.68. The Kier molecular flexibility index (Phi) is 22.1. The highest BCUT2D eigenvalue weighted by Crippen LogP contribution is 2.75. The zero-order valence-electron chi connectivity index (χ0n) is 51.5. The highest BCUT2D eigenvalue weighted by molar-refractivity contribution is 5.30. The fourth-order valence-electron chi connectivity index (χ4n) is 17.0. The largest absolute Gasteiger partial charge is 0.394 e. The molecule has 9 aliphatic rings. The quantitative estimate of drug-likeness (QED) is 0.0512. The van der Waals surface area contributed by atoms with Gasteiger partial charge in [0, 0.05) is 5.41 Å². The van der Waals surface area contributed by atoms with Crippen LogP contribution in [0.25, 0.3) is 0 Å². The molecule has 28 nitrogen and oxygen atoms in total. The Morgan fingerprint density at radius 1 is 0.500 bits per heavy atom. The van der Waals surface area contributed by atoms with Gasteiger partial charge in [-0.15, -0.1) is 0 Å². The summed E-state index contributed by atoms with van der Waals surface area (Å²) in [5.41, 5.74) is -1.21. The van der Waals surface area contributed by atoms with E-state index in [-0.39, 0.29) is 40.4 Å². The standard InChI is InChI=1S/C60H102O28/c1-24(9-13-35(57(4,5)78)87-55-50(88-54-49(77)43(71)38(66)30(21-63)83-54)45(73)40(68)32(85-55)23-80-52-47(75)42(70)37(65)29(20-62)82-52)25-15-16-60(8)33-12-10-26-27(58(33,6)17-18-59(25,60)7)11-14-34(56(26,2)3)86-53-48(76)44(72)39(67)31(84-53)22-79-51-46(74)41(69)36(64)28(19-61)81-51/h10,24-25,27-55,61-78H,9,11-23H2,1-8H3/t24-,25?,27?,28+,29+,30-,31-,32+,33?,34+,35-,36+,37+,38-,39-,40+,41-,42-,43+,44+,45-,46+,47+,48-,49-,50+,51+,52+,53+,54+,55-,58+,59-,60+/m0/s1. The minimum absolute atomic E-state index is 0.0854. The number of allylic oxidation sites excluding steroid dienone is 1. The van der Waals surface area contributed by atoms with Crippen molar-refractivity contribution in [2.45, 2.75) is 285 Å². The summed E-state index contributed by atoms with van der Waals surface area (Å²) < 4.78 is 59.5. The van der Waals surface area contributed by atoms with Crippen LogP contribution in [0.2, 0.25) is 0 Å². The van der Waals surface area contributed by atoms with Gasteiger partial charge in [0.2, 0.25) is 0 Å². The molecule has 88 heavy (non-hydrogen) atoms. The van der Waals surface area contributed by atoms with Crippen LogP contribution in [0.1, 0.15) is 113 Å². The lowest BCUT2D eigenvalue weighted by molar-refractivity contribution is -0.380. The summed E-state index contributed by atoms with van der Waals surface area (Å²) in [6, 6.07) is 0. The molecule has 4 aliphatic carbocycles. The molecule has 3 saturated carbocycles. The van der Waals surface area contributed by atoms with E-state index in [1.807, 2.05) is 0 Å². The third kappa shape index (κ3) is 13.0. The molecular weight excluding hydrogens is 1170 g/mol. The van der Waals surface area contributed by atoms with Gasteiger partial charge in [-0.05, 0) is 112 Å². The van der Waals surface area contributed by atoms with E-state index in [4.69, 9.17) is 47.4 Å². The lowest BCUT2D eigenvalue weighted by Crippen LogP contribution is -2.65. The number of aliphatic hydroxyl groups excluding tert-OH is 17. The lowest BCUT2D eigenvalue weighted by atomic mass is 9.39. The first-order valence-electron chi connectivity index (χ1n) is 31.5. The summed E-state index contributed by atoms with van der Waals surface area (Å²) in [4.78, 5) is 0. The Bertz CT molecular complexity index is 2310. The molecule has 9 rings (SSSR count). The van der Waals surface area contributed by atoms with Crippen molar-refractivity contribution in [2.75, 3.05) is 33.0 Å². The lowest BCUT2D eigenvalue weighted by Gasteiger charge is -2.66. The number of ether oxygens (including phenoxy) is 10. The van der Waals surface area contributed by atoms with Crippen molar-refractivity contribution in [3.8, 4) is 0 Å². The predicted molar refractivity (Wildman–Crippen MR) is 299 cm³/mol. The van der Waals surface area contributed by atoms with Gasteiger partial charge in [0.15, 0.2) is 31.5 Å². The van der Waals surface area contributed by atoms with Crippen LogP contribution >= 0.6 is 0 Å². The Morgan fingerprint density at radius 2 is 0.943 bits per heavy atom. The Labute approximate surface area is 512 Å². The van der Waals surface area contributed by atoms with Crippen molar-refractivity contribution in [1.82, 2.24) is 0 Å². The van der Waals surface area contributed by atoms with Crippen molar-refractivity contribution in [3.05, 3.63) is 11.6 Å². The van der Waals surface area contributed by atoms with Crippen LogP contribution in [0.5, 0.6) is 0 Å². The smallest absolute Gasteiger partial charge is 0.187 e. The van der Waals surface area contributed by atoms with Crippen molar-refractivity contribution in [1.29, 1.82) is 0 Å². The van der Waals surface area contributed by atoms with Gasteiger partial charge < -0.3 is 139 Å². The zero-order chi connectivity index (χ0) is 64.7. The molecule has 18 N–H and O–H groups in total. The summed E-state index contributed by atoms with van der Waals surface area (Å²) in [6.45, 7) is 13.5. The second kappa shape index (κ2) is 27.4. The molecule has 510 valence electrons. The fraction of sp³-hybridized carbons (Fsp3) is 0.967. The van der Waals surface area contributed by atoms with Gasteiger partial charge in [0.25, 0.3) is 0 Å². The number of aliphatic hydroxyl groups is 18. The summed E-state index contributed by atoms with van der Waals surface area (Å²) in [6.07, 6.45) is -33.6. The van der Waals surface area contributed by atoms with E-state index in [0.717, 1.165) is 38.5 Å². The van der Waals surface area contributed by atoms with Crippen molar-refractivity contribution >= 4 is 0 Å². The first-order chi connectivity index (χ1) is 41.2. The van der Waals surface area contributed by atoms with Crippen LogP contribution in [0.15, 0.2) is 11.6 Å². The van der Waals surface area contributed by atoms with Gasteiger partial charge in [0.1, 0.15) is 122 Å². The molecule has 5 heterocycles. The first-order valence-corrected chi connectivity index (χ1v) is 31.5. The van der Waals surface area contributed by atoms with E-state index in [0.29, 0.717) is 18.8 Å². The number of rotatable bonds is 20. The zero-order valence-corrected chi connectivity index (χ0v) is 51.5. The molecule has 8 fully saturated rings. The van der Waals surface area contributed by atoms with E-state index < -0.39 is 210 Å². The summed E-state index contributed by atoms with van der Waals surface area (Å²) in [5, 5.41) is 192. The molecule has 5 saturated heterocycles. The topological polar surface area (TPSA) is 456 Å². The average Bonchev–Trinajstić information content (AvgIpc) is 1.42. The molecule has 0 spiro atoms. The molecule has 0 amide bonds. The van der Waals surface area contributed by atoms with Crippen LogP contribution < -0.4 is 0 Å². The minimum Gasteiger partial charge on any atom is -0.394 e. The van der Waals surface area contributed by atoms with Crippen molar-refractivity contribution in [2.24, 2.45) is 45.3 Å². The molecule has 34 atom stereocenters. The second-order valence-electron chi connectivity index (χ2n) is 28.6. The summed E-state index contributed by atoms with van der Waals surface area (Å²) in [5.74, 6) is 0.828. The molecule has 3 unspecified atom stereocenters. The number of fused-ring (bicyclic) bond motifs is 5. The van der Waals surface area contributed by atoms with Crippen LogP contribution in [0.3, 0.4) is 0 Å². The Hall–Kier alpha value is -1.38. The van der Waals surface area contributed by atoms with Crippen molar-refractivity contribution < 1.29 is 139 Å². The van der Waals surface area contributed by atoms with E-state index in [2.05, 4.69) is 47.6 Å². The molecule has 0 bridgehead atoms. The Balaban J connectivity index is 0.871. The van der Waals surface area contributed by atoms with Gasteiger partial charge in [-0.25, -0.2) is 0 Å². The van der Waals surface area contributed by atoms with Gasteiger partial charge >= 0.3 is 0 Å². The van der Waals surface area contributed by atoms with Crippen LogP contribution in [-0.4, -0.2) is 296 Å². The van der Waals surface area contributed by atoms with Gasteiger partial charge in [-0.1, -0.05) is 53.2 Å². The molecule has 28 heteroatoms. The van der Waals surface area contributed by atoms with Crippen LogP contribution in [0.4, 0.5) is 0 Å². The number of hydrogen-bond donors (Lipinski definition) is 18.